The zero-order chi connectivity index (χ0) is 20.8. The Labute approximate surface area is 180 Å². The molecule has 0 radical (unpaired) electrons. The first-order valence-electron chi connectivity index (χ1n) is 12.8. The maximum Gasteiger partial charge on any atom is 0.0459 e. The largest absolute Gasteiger partial charge is 0.396 e. The van der Waals surface area contributed by atoms with Crippen molar-refractivity contribution in [3.05, 3.63) is 23.3 Å². The van der Waals surface area contributed by atoms with Gasteiger partial charge in [-0.2, -0.15) is 0 Å². The van der Waals surface area contributed by atoms with Gasteiger partial charge in [0.25, 0.3) is 0 Å². The fourth-order valence-corrected chi connectivity index (χ4v) is 8.06. The maximum absolute atomic E-state index is 9.47. The Morgan fingerprint density at radius 3 is 2.48 bits per heavy atom. The second kappa shape index (κ2) is 8.18. The molecule has 0 aromatic rings. The second-order valence-corrected chi connectivity index (χ2v) is 12.0. The number of aliphatic hydroxyl groups excluding tert-OH is 1. The highest BCUT2D eigenvalue weighted by molar-refractivity contribution is 5.36. The molecule has 0 amide bonds. The van der Waals surface area contributed by atoms with E-state index in [2.05, 4.69) is 46.8 Å². The lowest BCUT2D eigenvalue weighted by Gasteiger charge is -2.57. The zero-order valence-electron chi connectivity index (χ0n) is 19.8. The molecule has 1 heteroatoms. The summed E-state index contributed by atoms with van der Waals surface area (Å²) in [6.45, 7) is 12.6. The van der Waals surface area contributed by atoms with E-state index >= 15 is 0 Å². The third-order valence-electron chi connectivity index (χ3n) is 10.5. The second-order valence-electron chi connectivity index (χ2n) is 12.0. The van der Waals surface area contributed by atoms with Gasteiger partial charge >= 0.3 is 0 Å². The molecule has 2 unspecified atom stereocenters. The van der Waals surface area contributed by atoms with E-state index in [4.69, 9.17) is 0 Å². The Morgan fingerprint density at radius 1 is 0.931 bits per heavy atom. The summed E-state index contributed by atoms with van der Waals surface area (Å²) in [5.74, 6) is 4.35. The molecule has 164 valence electrons. The van der Waals surface area contributed by atoms with Crippen molar-refractivity contribution in [2.75, 3.05) is 6.61 Å². The van der Waals surface area contributed by atoms with Gasteiger partial charge in [-0.15, -0.1) is 0 Å². The molecule has 0 aromatic heterocycles. The molecule has 0 aliphatic heterocycles. The molecule has 29 heavy (non-hydrogen) atoms. The highest BCUT2D eigenvalue weighted by Gasteiger charge is 2.55. The van der Waals surface area contributed by atoms with Crippen molar-refractivity contribution in [3.63, 3.8) is 0 Å². The molecule has 0 aromatic carbocycles. The smallest absolute Gasteiger partial charge is 0.0459 e. The lowest BCUT2D eigenvalue weighted by Crippen LogP contribution is -2.47. The van der Waals surface area contributed by atoms with Crippen molar-refractivity contribution in [2.45, 2.75) is 98.8 Å². The standard InChI is InChI=1S/C28H46O/c1-19(21(3)18-29)9-10-20(2)24-13-14-25-23-12-11-22-8-6-7-16-27(22,4)26(23)15-17-28(24,25)5/h12-13,19-22,25-26,29H,6-11,14-18H2,1-5H3/t19-,20+,21?,22?,25-,26-,27-,28+/m0/s1. The molecule has 0 saturated heterocycles. The maximum atomic E-state index is 9.47. The van der Waals surface area contributed by atoms with Crippen LogP contribution in [0.2, 0.25) is 0 Å². The van der Waals surface area contributed by atoms with Crippen molar-refractivity contribution in [2.24, 2.45) is 46.3 Å². The van der Waals surface area contributed by atoms with Crippen LogP contribution in [0.4, 0.5) is 0 Å². The lowest BCUT2D eigenvalue weighted by atomic mass is 9.48. The van der Waals surface area contributed by atoms with E-state index < -0.39 is 0 Å². The molecule has 1 nitrogen and oxygen atoms in total. The van der Waals surface area contributed by atoms with Gasteiger partial charge in [0.15, 0.2) is 0 Å². The summed E-state index contributed by atoms with van der Waals surface area (Å²) < 4.78 is 0. The van der Waals surface area contributed by atoms with Gasteiger partial charge in [0, 0.05) is 6.61 Å². The average molecular weight is 399 g/mol. The van der Waals surface area contributed by atoms with Gasteiger partial charge in [-0.25, -0.2) is 0 Å². The lowest BCUT2D eigenvalue weighted by molar-refractivity contribution is 0.0115. The summed E-state index contributed by atoms with van der Waals surface area (Å²) in [6, 6.07) is 0. The number of fused-ring (bicyclic) bond motifs is 5. The van der Waals surface area contributed by atoms with Gasteiger partial charge in [0.1, 0.15) is 0 Å². The SMILES string of the molecule is CC(CO)[C@@H](C)CC[C@@H](C)C1=CC[C@H]2C3=CCC4CCCC[C@]4(C)[C@H]3CC[C@]12C. The predicted octanol–water partition coefficient (Wildman–Crippen LogP) is 7.56. The van der Waals surface area contributed by atoms with Crippen LogP contribution in [-0.4, -0.2) is 11.7 Å². The molecule has 8 atom stereocenters. The summed E-state index contributed by atoms with van der Waals surface area (Å²) in [7, 11) is 0. The minimum Gasteiger partial charge on any atom is -0.396 e. The van der Waals surface area contributed by atoms with E-state index in [0.717, 1.165) is 17.8 Å². The molecule has 4 aliphatic rings. The minimum absolute atomic E-state index is 0.327. The molecular weight excluding hydrogens is 352 g/mol. The van der Waals surface area contributed by atoms with Crippen molar-refractivity contribution in [1.82, 2.24) is 0 Å². The minimum atomic E-state index is 0.327. The molecule has 2 saturated carbocycles. The molecule has 2 fully saturated rings. The number of rotatable bonds is 6. The van der Waals surface area contributed by atoms with E-state index in [1.54, 1.807) is 5.57 Å². The van der Waals surface area contributed by atoms with E-state index in [9.17, 15) is 5.11 Å². The quantitative estimate of drug-likeness (QED) is 0.458. The molecule has 4 aliphatic carbocycles. The highest BCUT2D eigenvalue weighted by atomic mass is 16.3. The van der Waals surface area contributed by atoms with Crippen LogP contribution < -0.4 is 0 Å². The first-order valence-corrected chi connectivity index (χ1v) is 12.8. The fourth-order valence-electron chi connectivity index (χ4n) is 8.06. The van der Waals surface area contributed by atoms with Crippen molar-refractivity contribution in [1.29, 1.82) is 0 Å². The van der Waals surface area contributed by atoms with Crippen LogP contribution in [0.1, 0.15) is 98.8 Å². The number of hydrogen-bond acceptors (Lipinski definition) is 1. The van der Waals surface area contributed by atoms with Crippen LogP contribution in [-0.2, 0) is 0 Å². The Balaban J connectivity index is 1.48. The number of hydrogen-bond donors (Lipinski definition) is 1. The topological polar surface area (TPSA) is 20.2 Å². The van der Waals surface area contributed by atoms with Crippen LogP contribution in [0.15, 0.2) is 23.3 Å². The summed E-state index contributed by atoms with van der Waals surface area (Å²) >= 11 is 0. The normalized spacial score (nSPS) is 42.1. The summed E-state index contributed by atoms with van der Waals surface area (Å²) in [6.07, 6.45) is 19.3. The van der Waals surface area contributed by atoms with Crippen LogP contribution in [0, 0.1) is 46.3 Å². The van der Waals surface area contributed by atoms with Crippen LogP contribution >= 0.6 is 0 Å². The highest BCUT2D eigenvalue weighted by Crippen LogP contribution is 2.65. The van der Waals surface area contributed by atoms with Crippen LogP contribution in [0.3, 0.4) is 0 Å². The molecule has 1 N–H and O–H groups in total. The molecule has 4 rings (SSSR count). The Morgan fingerprint density at radius 2 is 1.72 bits per heavy atom. The van der Waals surface area contributed by atoms with Crippen molar-refractivity contribution in [3.8, 4) is 0 Å². The summed E-state index contributed by atoms with van der Waals surface area (Å²) in [5.41, 5.74) is 4.65. The van der Waals surface area contributed by atoms with Crippen LogP contribution in [0.5, 0.6) is 0 Å². The Kier molecular flexibility index (Phi) is 6.11. The first-order chi connectivity index (χ1) is 13.8. The number of aliphatic hydroxyl groups is 1. The monoisotopic (exact) mass is 398 g/mol. The fraction of sp³-hybridized carbons (Fsp3) is 0.857. The zero-order valence-corrected chi connectivity index (χ0v) is 19.8. The first kappa shape index (κ1) is 21.7. The molecule has 0 bridgehead atoms. The van der Waals surface area contributed by atoms with Crippen LogP contribution in [0.25, 0.3) is 0 Å². The third-order valence-corrected chi connectivity index (χ3v) is 10.5. The van der Waals surface area contributed by atoms with E-state index in [1.165, 1.54) is 64.2 Å². The molecule has 0 spiro atoms. The summed E-state index contributed by atoms with van der Waals surface area (Å²) in [5, 5.41) is 9.47. The van der Waals surface area contributed by atoms with E-state index in [1.807, 2.05) is 5.57 Å². The van der Waals surface area contributed by atoms with Gasteiger partial charge in [0.2, 0.25) is 0 Å². The van der Waals surface area contributed by atoms with Gasteiger partial charge in [-0.3, -0.25) is 0 Å². The van der Waals surface area contributed by atoms with Gasteiger partial charge in [-0.1, -0.05) is 70.8 Å². The third kappa shape index (κ3) is 3.58. The Hall–Kier alpha value is -0.560. The van der Waals surface area contributed by atoms with Crippen molar-refractivity contribution >= 4 is 0 Å². The van der Waals surface area contributed by atoms with Gasteiger partial charge in [-0.05, 0) is 97.7 Å². The average Bonchev–Trinajstić information content (AvgIpc) is 3.08. The molecule has 0 heterocycles. The predicted molar refractivity (Wildman–Crippen MR) is 124 cm³/mol. The molecular formula is C28H46O. The van der Waals surface area contributed by atoms with Crippen molar-refractivity contribution < 1.29 is 5.11 Å². The van der Waals surface area contributed by atoms with E-state index in [-0.39, 0.29) is 0 Å². The number of allylic oxidation sites excluding steroid dienone is 4. The summed E-state index contributed by atoms with van der Waals surface area (Å²) in [4.78, 5) is 0. The van der Waals surface area contributed by atoms with Gasteiger partial charge in [0.05, 0.1) is 0 Å². The Bertz CT molecular complexity index is 659. The van der Waals surface area contributed by atoms with Gasteiger partial charge < -0.3 is 5.11 Å². The van der Waals surface area contributed by atoms with E-state index in [0.29, 0.717) is 35.2 Å².